The fraction of sp³-hybridized carbons (Fsp3) is 0.556. The van der Waals surface area contributed by atoms with Crippen molar-refractivity contribution in [2.24, 2.45) is 11.3 Å². The Kier molecular flexibility index (Phi) is 3.62. The van der Waals surface area contributed by atoms with E-state index in [1.54, 1.807) is 17.0 Å². The number of carbonyl (C=O) groups excluding carboxylic acids is 1. The first-order valence-electron chi connectivity index (χ1n) is 8.35. The highest BCUT2D eigenvalue weighted by Gasteiger charge is 2.59. The fourth-order valence-corrected chi connectivity index (χ4v) is 4.40. The summed E-state index contributed by atoms with van der Waals surface area (Å²) in [5, 5.41) is 10.4. The third-order valence-electron chi connectivity index (χ3n) is 5.98. The number of aliphatic carboxylic acids is 1. The smallest absolute Gasteiger partial charge is 0.311 e. The number of ether oxygens (including phenoxy) is 1. The van der Waals surface area contributed by atoms with Crippen molar-refractivity contribution in [1.82, 2.24) is 4.90 Å². The number of likely N-dealkylation sites (tertiary alicyclic amines) is 1. The van der Waals surface area contributed by atoms with Crippen LogP contribution in [0.5, 0.6) is 0 Å². The minimum Gasteiger partial charge on any atom is -0.481 e. The van der Waals surface area contributed by atoms with E-state index in [9.17, 15) is 14.7 Å². The Morgan fingerprint density at radius 3 is 2.50 bits per heavy atom. The Balaban J connectivity index is 1.59. The minimum absolute atomic E-state index is 0.0554. The lowest BCUT2D eigenvalue weighted by Gasteiger charge is -2.34. The van der Waals surface area contributed by atoms with E-state index < -0.39 is 16.8 Å². The summed E-state index contributed by atoms with van der Waals surface area (Å²) < 4.78 is 5.47. The molecule has 0 bridgehead atoms. The van der Waals surface area contributed by atoms with Crippen molar-refractivity contribution in [2.75, 3.05) is 26.3 Å². The molecule has 1 N–H and O–H groups in total. The van der Waals surface area contributed by atoms with Crippen LogP contribution in [-0.4, -0.2) is 48.2 Å². The number of hydrogen-bond donors (Lipinski definition) is 1. The molecule has 0 aromatic heterocycles. The molecule has 0 unspecified atom stereocenters. The van der Waals surface area contributed by atoms with E-state index >= 15 is 0 Å². The first-order valence-corrected chi connectivity index (χ1v) is 8.72. The minimum atomic E-state index is -0.843. The summed E-state index contributed by atoms with van der Waals surface area (Å²) in [5.41, 5.74) is -0.352. The van der Waals surface area contributed by atoms with Crippen molar-refractivity contribution in [1.29, 1.82) is 0 Å². The lowest BCUT2D eigenvalue weighted by Crippen LogP contribution is -2.45. The van der Waals surface area contributed by atoms with Crippen LogP contribution in [0, 0.1) is 11.3 Å². The number of carboxylic acids is 1. The van der Waals surface area contributed by atoms with Crippen LogP contribution < -0.4 is 0 Å². The molecule has 24 heavy (non-hydrogen) atoms. The Morgan fingerprint density at radius 2 is 1.92 bits per heavy atom. The molecule has 6 heteroatoms. The maximum Gasteiger partial charge on any atom is 0.311 e. The Morgan fingerprint density at radius 1 is 1.21 bits per heavy atom. The number of carbonyl (C=O) groups is 2. The standard InChI is InChI=1S/C18H20ClNO4/c19-14-3-1-12(2-4-14)17(5-6-17)15(21)20-9-13-10-24-8-7-18(13,11-20)16(22)23/h1-4,13H,5-11H2,(H,22,23)/t13-,18+/m0/s1. The van der Waals surface area contributed by atoms with Crippen LogP contribution >= 0.6 is 11.6 Å². The lowest BCUT2D eigenvalue weighted by molar-refractivity contribution is -0.157. The average Bonchev–Trinajstić information content (AvgIpc) is 3.28. The monoisotopic (exact) mass is 349 g/mol. The van der Waals surface area contributed by atoms with Gasteiger partial charge < -0.3 is 14.7 Å². The summed E-state index contributed by atoms with van der Waals surface area (Å²) in [6.07, 6.45) is 2.10. The highest BCUT2D eigenvalue weighted by molar-refractivity contribution is 6.30. The summed E-state index contributed by atoms with van der Waals surface area (Å²) in [7, 11) is 0. The lowest BCUT2D eigenvalue weighted by atomic mass is 9.74. The summed E-state index contributed by atoms with van der Waals surface area (Å²) in [4.78, 5) is 26.8. The van der Waals surface area contributed by atoms with Gasteiger partial charge in [0, 0.05) is 30.6 Å². The topological polar surface area (TPSA) is 66.8 Å². The molecule has 3 fully saturated rings. The zero-order chi connectivity index (χ0) is 16.9. The van der Waals surface area contributed by atoms with Gasteiger partial charge in [-0.15, -0.1) is 0 Å². The predicted molar refractivity (Wildman–Crippen MR) is 87.9 cm³/mol. The van der Waals surface area contributed by atoms with Gasteiger partial charge in [0.25, 0.3) is 0 Å². The van der Waals surface area contributed by atoms with E-state index in [4.69, 9.17) is 16.3 Å². The van der Waals surface area contributed by atoms with Gasteiger partial charge in [0.05, 0.1) is 17.4 Å². The molecule has 5 nitrogen and oxygen atoms in total. The van der Waals surface area contributed by atoms with Crippen molar-refractivity contribution >= 4 is 23.5 Å². The summed E-state index contributed by atoms with van der Waals surface area (Å²) in [6.45, 7) is 1.64. The zero-order valence-corrected chi connectivity index (χ0v) is 14.1. The second-order valence-electron chi connectivity index (χ2n) is 7.26. The van der Waals surface area contributed by atoms with Crippen LogP contribution in [0.25, 0.3) is 0 Å². The van der Waals surface area contributed by atoms with Crippen LogP contribution in [0.4, 0.5) is 0 Å². The molecule has 1 aliphatic carbocycles. The summed E-state index contributed by atoms with van der Waals surface area (Å²) >= 11 is 5.95. The first kappa shape index (κ1) is 15.9. The Hall–Kier alpha value is -1.59. The van der Waals surface area contributed by atoms with E-state index in [2.05, 4.69) is 0 Å². The first-order chi connectivity index (χ1) is 11.5. The Labute approximate surface area is 145 Å². The molecule has 4 rings (SSSR count). The van der Waals surface area contributed by atoms with E-state index in [0.717, 1.165) is 18.4 Å². The Bertz CT molecular complexity index is 685. The fourth-order valence-electron chi connectivity index (χ4n) is 4.28. The maximum absolute atomic E-state index is 13.2. The molecule has 1 aromatic carbocycles. The number of halogens is 1. The molecule has 1 aromatic rings. The second-order valence-corrected chi connectivity index (χ2v) is 7.69. The zero-order valence-electron chi connectivity index (χ0n) is 13.3. The van der Waals surface area contributed by atoms with E-state index in [1.165, 1.54) is 0 Å². The molecule has 0 spiro atoms. The quantitative estimate of drug-likeness (QED) is 0.909. The van der Waals surface area contributed by atoms with Gasteiger partial charge in [-0.3, -0.25) is 9.59 Å². The number of hydrogen-bond acceptors (Lipinski definition) is 3. The van der Waals surface area contributed by atoms with E-state index in [0.29, 0.717) is 37.7 Å². The third-order valence-corrected chi connectivity index (χ3v) is 6.23. The molecule has 128 valence electrons. The van der Waals surface area contributed by atoms with Gasteiger partial charge in [0.2, 0.25) is 5.91 Å². The number of nitrogens with zero attached hydrogens (tertiary/aromatic N) is 1. The van der Waals surface area contributed by atoms with Crippen LogP contribution in [0.2, 0.25) is 5.02 Å². The van der Waals surface area contributed by atoms with Gasteiger partial charge in [-0.05, 0) is 37.0 Å². The molecule has 2 atom stereocenters. The maximum atomic E-state index is 13.2. The summed E-state index contributed by atoms with van der Waals surface area (Å²) in [6, 6.07) is 7.43. The van der Waals surface area contributed by atoms with Gasteiger partial charge in [0.15, 0.2) is 0 Å². The van der Waals surface area contributed by atoms with Gasteiger partial charge in [-0.1, -0.05) is 23.7 Å². The molecular formula is C18H20ClNO4. The van der Waals surface area contributed by atoms with Gasteiger partial charge >= 0.3 is 5.97 Å². The SMILES string of the molecule is O=C(N1C[C@H]2COCC[C@@]2(C(=O)O)C1)C1(c2ccc(Cl)cc2)CC1. The average molecular weight is 350 g/mol. The largest absolute Gasteiger partial charge is 0.481 e. The molecular weight excluding hydrogens is 330 g/mol. The highest BCUT2D eigenvalue weighted by Crippen LogP contribution is 2.52. The number of carboxylic acid groups (broad SMARTS) is 1. The number of fused-ring (bicyclic) bond motifs is 1. The van der Waals surface area contributed by atoms with Crippen molar-refractivity contribution in [3.8, 4) is 0 Å². The molecule has 0 radical (unpaired) electrons. The number of rotatable bonds is 3. The molecule has 1 amide bonds. The van der Waals surface area contributed by atoms with Crippen LogP contribution in [0.1, 0.15) is 24.8 Å². The van der Waals surface area contributed by atoms with Gasteiger partial charge in [-0.25, -0.2) is 0 Å². The molecule has 3 aliphatic rings. The molecule has 2 heterocycles. The van der Waals surface area contributed by atoms with E-state index in [1.807, 2.05) is 12.1 Å². The third kappa shape index (κ3) is 2.25. The molecule has 1 saturated carbocycles. The van der Waals surface area contributed by atoms with Crippen molar-refractivity contribution < 1.29 is 19.4 Å². The van der Waals surface area contributed by atoms with Crippen molar-refractivity contribution in [2.45, 2.75) is 24.7 Å². The van der Waals surface area contributed by atoms with Crippen LogP contribution in [0.3, 0.4) is 0 Å². The molecule has 2 aliphatic heterocycles. The molecule has 2 saturated heterocycles. The normalized spacial score (nSPS) is 30.7. The van der Waals surface area contributed by atoms with E-state index in [-0.39, 0.29) is 11.8 Å². The van der Waals surface area contributed by atoms with Crippen molar-refractivity contribution in [3.05, 3.63) is 34.9 Å². The van der Waals surface area contributed by atoms with Crippen LogP contribution in [0.15, 0.2) is 24.3 Å². The second kappa shape index (κ2) is 5.46. The number of benzene rings is 1. The van der Waals surface area contributed by atoms with Gasteiger partial charge in [-0.2, -0.15) is 0 Å². The predicted octanol–water partition coefficient (Wildman–Crippen LogP) is 2.32. The summed E-state index contributed by atoms with van der Waals surface area (Å²) in [5.74, 6) is -0.865. The van der Waals surface area contributed by atoms with Gasteiger partial charge in [0.1, 0.15) is 0 Å². The number of amides is 1. The highest BCUT2D eigenvalue weighted by atomic mass is 35.5. The van der Waals surface area contributed by atoms with Crippen LogP contribution in [-0.2, 0) is 19.7 Å². The van der Waals surface area contributed by atoms with Crippen molar-refractivity contribution in [3.63, 3.8) is 0 Å².